The van der Waals surface area contributed by atoms with E-state index in [1.165, 1.54) is 43.5 Å². The molecule has 4 aromatic rings. The van der Waals surface area contributed by atoms with Crippen molar-refractivity contribution in [3.8, 4) is 22.4 Å². The zero-order chi connectivity index (χ0) is 21.1. The number of benzene rings is 3. The third-order valence-electron chi connectivity index (χ3n) is 6.07. The monoisotopic (exact) mass is 409 g/mol. The summed E-state index contributed by atoms with van der Waals surface area (Å²) in [6.07, 6.45) is 1.97. The molecule has 0 fully saturated rings. The third-order valence-corrected chi connectivity index (χ3v) is 7.42. The van der Waals surface area contributed by atoms with Crippen LogP contribution in [0, 0.1) is 0 Å². The highest BCUT2D eigenvalue weighted by molar-refractivity contribution is 8.00. The van der Waals surface area contributed by atoms with E-state index < -0.39 is 0 Å². The Hall–Kier alpha value is -2.58. The molecule has 0 aliphatic carbocycles. The van der Waals surface area contributed by atoms with Crippen LogP contribution in [0.25, 0.3) is 33.2 Å². The van der Waals surface area contributed by atoms with Crippen molar-refractivity contribution in [3.63, 3.8) is 0 Å². The van der Waals surface area contributed by atoms with E-state index in [9.17, 15) is 0 Å². The summed E-state index contributed by atoms with van der Waals surface area (Å²) in [5.41, 5.74) is 7.75. The highest BCUT2D eigenvalue weighted by Crippen LogP contribution is 2.54. The summed E-state index contributed by atoms with van der Waals surface area (Å²) in [5, 5.41) is 2.61. The van der Waals surface area contributed by atoms with Gasteiger partial charge in [0.15, 0.2) is 0 Å². The SMILES string of the molecule is CC(C)(C)c1cc(-c2nccc3c2SC(C)(C)c2ccccc2-3)cc2ccccc12. The van der Waals surface area contributed by atoms with Gasteiger partial charge in [-0.2, -0.15) is 0 Å². The molecule has 0 spiro atoms. The first-order chi connectivity index (χ1) is 14.3. The minimum atomic E-state index is 0.00504. The topological polar surface area (TPSA) is 12.9 Å². The maximum atomic E-state index is 4.91. The normalized spacial score (nSPS) is 15.0. The number of fused-ring (bicyclic) bond motifs is 4. The van der Waals surface area contributed by atoms with Crippen LogP contribution >= 0.6 is 11.8 Å². The van der Waals surface area contributed by atoms with Crippen molar-refractivity contribution < 1.29 is 0 Å². The van der Waals surface area contributed by atoms with E-state index in [2.05, 4.69) is 101 Å². The molecule has 1 aromatic heterocycles. The van der Waals surface area contributed by atoms with Gasteiger partial charge in [0.2, 0.25) is 0 Å². The van der Waals surface area contributed by atoms with Crippen molar-refractivity contribution in [1.82, 2.24) is 4.98 Å². The molecule has 0 bridgehead atoms. The Kier molecular flexibility index (Phi) is 4.34. The first-order valence-electron chi connectivity index (χ1n) is 10.6. The molecule has 0 N–H and O–H groups in total. The molecule has 0 atom stereocenters. The number of hydrogen-bond acceptors (Lipinski definition) is 2. The van der Waals surface area contributed by atoms with Crippen molar-refractivity contribution in [1.29, 1.82) is 0 Å². The van der Waals surface area contributed by atoms with Gasteiger partial charge in [-0.3, -0.25) is 4.98 Å². The molecule has 0 unspecified atom stereocenters. The molecule has 1 aliphatic heterocycles. The molecular weight excluding hydrogens is 382 g/mol. The predicted molar refractivity (Wildman–Crippen MR) is 130 cm³/mol. The summed E-state index contributed by atoms with van der Waals surface area (Å²) in [6, 6.07) is 24.4. The fourth-order valence-corrected chi connectivity index (χ4v) is 5.94. The maximum absolute atomic E-state index is 4.91. The number of rotatable bonds is 1. The van der Waals surface area contributed by atoms with Gasteiger partial charge in [-0.25, -0.2) is 0 Å². The fraction of sp³-hybridized carbons (Fsp3) is 0.250. The predicted octanol–water partition coefficient (Wildman–Crippen LogP) is 8.21. The average Bonchev–Trinajstić information content (AvgIpc) is 2.72. The molecule has 2 heterocycles. The first-order valence-corrected chi connectivity index (χ1v) is 11.4. The van der Waals surface area contributed by atoms with Crippen LogP contribution in [0.5, 0.6) is 0 Å². The van der Waals surface area contributed by atoms with Gasteiger partial charge in [-0.1, -0.05) is 69.3 Å². The Morgan fingerprint density at radius 1 is 0.833 bits per heavy atom. The highest BCUT2D eigenvalue weighted by atomic mass is 32.2. The number of hydrogen-bond donors (Lipinski definition) is 0. The van der Waals surface area contributed by atoms with Gasteiger partial charge in [0.1, 0.15) is 0 Å². The maximum Gasteiger partial charge on any atom is 0.0844 e. The molecular formula is C28H27NS. The summed E-state index contributed by atoms with van der Waals surface area (Å²) < 4.78 is 0.00504. The first kappa shape index (κ1) is 19.4. The van der Waals surface area contributed by atoms with Crippen molar-refractivity contribution in [3.05, 3.63) is 84.1 Å². The minimum Gasteiger partial charge on any atom is -0.255 e. The molecule has 0 saturated carbocycles. The van der Waals surface area contributed by atoms with Crippen LogP contribution in [0.1, 0.15) is 45.7 Å². The van der Waals surface area contributed by atoms with Crippen molar-refractivity contribution >= 4 is 22.5 Å². The van der Waals surface area contributed by atoms with E-state index in [-0.39, 0.29) is 10.2 Å². The number of nitrogens with zero attached hydrogens (tertiary/aromatic N) is 1. The third kappa shape index (κ3) is 3.06. The van der Waals surface area contributed by atoms with Crippen molar-refractivity contribution in [2.24, 2.45) is 0 Å². The largest absolute Gasteiger partial charge is 0.255 e. The van der Waals surface area contributed by atoms with Crippen molar-refractivity contribution in [2.45, 2.75) is 49.7 Å². The van der Waals surface area contributed by atoms with Gasteiger partial charge in [0, 0.05) is 21.4 Å². The second kappa shape index (κ2) is 6.72. The quantitative estimate of drug-likeness (QED) is 0.314. The van der Waals surface area contributed by atoms with E-state index in [4.69, 9.17) is 4.98 Å². The minimum absolute atomic E-state index is 0.00504. The Morgan fingerprint density at radius 2 is 1.57 bits per heavy atom. The van der Waals surface area contributed by atoms with Crippen LogP contribution in [0.2, 0.25) is 0 Å². The lowest BCUT2D eigenvalue weighted by Crippen LogP contribution is -2.18. The van der Waals surface area contributed by atoms with Gasteiger partial charge in [0.25, 0.3) is 0 Å². The Labute approximate surface area is 183 Å². The zero-order valence-corrected chi connectivity index (χ0v) is 19.1. The molecule has 2 heteroatoms. The summed E-state index contributed by atoms with van der Waals surface area (Å²) in [4.78, 5) is 6.20. The van der Waals surface area contributed by atoms with Crippen LogP contribution in [0.4, 0.5) is 0 Å². The lowest BCUT2D eigenvalue weighted by atomic mass is 9.82. The lowest BCUT2D eigenvalue weighted by molar-refractivity contribution is 0.596. The fourth-order valence-electron chi connectivity index (χ4n) is 4.59. The van der Waals surface area contributed by atoms with Crippen LogP contribution in [0.15, 0.2) is 77.8 Å². The molecule has 0 saturated heterocycles. The number of pyridine rings is 1. The molecule has 1 nitrogen and oxygen atoms in total. The highest BCUT2D eigenvalue weighted by Gasteiger charge is 2.33. The molecule has 3 aromatic carbocycles. The Morgan fingerprint density at radius 3 is 2.37 bits per heavy atom. The molecule has 0 amide bonds. The average molecular weight is 410 g/mol. The Balaban J connectivity index is 1.80. The van der Waals surface area contributed by atoms with E-state index in [0.29, 0.717) is 0 Å². The summed E-state index contributed by atoms with van der Waals surface area (Å²) in [7, 11) is 0. The van der Waals surface area contributed by atoms with Crippen LogP contribution in [-0.2, 0) is 10.2 Å². The molecule has 1 aliphatic rings. The smallest absolute Gasteiger partial charge is 0.0844 e. The molecule has 30 heavy (non-hydrogen) atoms. The zero-order valence-electron chi connectivity index (χ0n) is 18.3. The van der Waals surface area contributed by atoms with E-state index in [1.807, 2.05) is 18.0 Å². The van der Waals surface area contributed by atoms with Gasteiger partial charge >= 0.3 is 0 Å². The van der Waals surface area contributed by atoms with Gasteiger partial charge in [-0.15, -0.1) is 11.8 Å². The summed E-state index contributed by atoms with van der Waals surface area (Å²) in [6.45, 7) is 11.5. The van der Waals surface area contributed by atoms with Crippen LogP contribution < -0.4 is 0 Å². The van der Waals surface area contributed by atoms with E-state index in [0.717, 1.165) is 5.69 Å². The number of aromatic nitrogens is 1. The molecule has 150 valence electrons. The van der Waals surface area contributed by atoms with Crippen LogP contribution in [-0.4, -0.2) is 4.98 Å². The second-order valence-electron chi connectivity index (χ2n) is 9.69. The van der Waals surface area contributed by atoms with Gasteiger partial charge < -0.3 is 0 Å². The standard InChI is InChI=1S/C28H27NS/c1-27(2,3)24-17-19(16-18-10-6-7-11-20(18)24)25-26-22(14-15-29-25)21-12-8-9-13-23(21)28(4,5)30-26/h6-17H,1-5H3. The molecule has 5 rings (SSSR count). The summed E-state index contributed by atoms with van der Waals surface area (Å²) in [5.74, 6) is 0. The molecule has 0 radical (unpaired) electrons. The Bertz CT molecular complexity index is 1280. The van der Waals surface area contributed by atoms with Crippen LogP contribution in [0.3, 0.4) is 0 Å². The van der Waals surface area contributed by atoms with E-state index >= 15 is 0 Å². The second-order valence-corrected chi connectivity index (χ2v) is 11.3. The van der Waals surface area contributed by atoms with E-state index in [1.54, 1.807) is 0 Å². The summed E-state index contributed by atoms with van der Waals surface area (Å²) >= 11 is 1.93. The van der Waals surface area contributed by atoms with Gasteiger partial charge in [0.05, 0.1) is 5.69 Å². The lowest BCUT2D eigenvalue weighted by Gasteiger charge is -2.34. The van der Waals surface area contributed by atoms with Gasteiger partial charge in [-0.05, 0) is 70.5 Å². The number of thioether (sulfide) groups is 1. The van der Waals surface area contributed by atoms with Crippen molar-refractivity contribution in [2.75, 3.05) is 0 Å².